The summed E-state index contributed by atoms with van der Waals surface area (Å²) >= 11 is 0. The molecular formula is C37H28F6N6O3PRu. The molecule has 4 heterocycles. The molecule has 54 heavy (non-hydrogen) atoms. The number of nitrogens with zero attached hydrogens (tertiary/aromatic N) is 4. The number of aromatic nitrogens is 6. The third-order valence-electron chi connectivity index (χ3n) is 7.47. The molecule has 7 rings (SSSR count). The summed E-state index contributed by atoms with van der Waals surface area (Å²) in [4.78, 5) is 46.5. The Morgan fingerprint density at radius 1 is 0.519 bits per heavy atom. The molecule has 3 aromatic carbocycles. The number of aromatic amines is 2. The van der Waals surface area contributed by atoms with Gasteiger partial charge in [-0.15, -0.1) is 0 Å². The Labute approximate surface area is 317 Å². The van der Waals surface area contributed by atoms with E-state index in [1.54, 1.807) is 72.8 Å². The summed E-state index contributed by atoms with van der Waals surface area (Å²) < 4.78 is 73.4. The second-order valence-corrected chi connectivity index (χ2v) is 14.0. The van der Waals surface area contributed by atoms with Crippen molar-refractivity contribution in [3.8, 4) is 22.8 Å². The first-order chi connectivity index (χ1) is 25.1. The number of rotatable bonds is 6. The smallest absolute Gasteiger partial charge is 3.00 e. The van der Waals surface area contributed by atoms with Gasteiger partial charge in [-0.2, -0.15) is 36.5 Å². The molecule has 0 saturated carbocycles. The van der Waals surface area contributed by atoms with E-state index in [-0.39, 0.29) is 41.5 Å². The summed E-state index contributed by atoms with van der Waals surface area (Å²) in [5, 5.41) is 10.6. The average molecular weight is 851 g/mol. The molecule has 0 aliphatic heterocycles. The SMILES string of the molecule is FC(F)(F)c1cc(-c2ccccn2)n[nH]1.FC(F)(F)c1cc(-c2ccccn2)n[nH]1.[O-]P([O-])([O-])(c1ccccc1)c1ccccc1Cc1ccccc1.[Ru+3]. The maximum absolute atomic E-state index is 12.9. The number of hydrogen-bond acceptors (Lipinski definition) is 7. The van der Waals surface area contributed by atoms with Crippen molar-refractivity contribution >= 4 is 17.9 Å². The third-order valence-corrected chi connectivity index (χ3v) is 9.92. The topological polar surface area (TPSA) is 152 Å². The molecule has 0 fully saturated rings. The zero-order valence-corrected chi connectivity index (χ0v) is 30.3. The fraction of sp³-hybridized carbons (Fsp3) is 0.0811. The van der Waals surface area contributed by atoms with Crippen LogP contribution in [0.25, 0.3) is 22.8 Å². The Hall–Kier alpha value is -5.11. The molecule has 0 amide bonds. The van der Waals surface area contributed by atoms with Crippen LogP contribution in [-0.2, 0) is 38.3 Å². The van der Waals surface area contributed by atoms with Crippen LogP contribution in [0.15, 0.2) is 146 Å². The van der Waals surface area contributed by atoms with E-state index in [2.05, 4.69) is 20.2 Å². The van der Waals surface area contributed by atoms with E-state index >= 15 is 0 Å². The molecule has 17 heteroatoms. The number of nitrogens with one attached hydrogen (secondary N) is 2. The molecule has 0 spiro atoms. The van der Waals surface area contributed by atoms with E-state index in [1.165, 1.54) is 30.6 Å². The van der Waals surface area contributed by atoms with E-state index in [0.29, 0.717) is 23.4 Å². The van der Waals surface area contributed by atoms with Gasteiger partial charge in [-0.3, -0.25) is 20.2 Å². The van der Waals surface area contributed by atoms with Gasteiger partial charge in [0.05, 0.1) is 11.4 Å². The van der Waals surface area contributed by atoms with Crippen molar-refractivity contribution < 1.29 is 60.5 Å². The van der Waals surface area contributed by atoms with Gasteiger partial charge >= 0.3 is 167 Å². The van der Waals surface area contributed by atoms with Crippen LogP contribution in [0.2, 0.25) is 0 Å². The first-order valence-corrected chi connectivity index (χ1v) is 17.6. The van der Waals surface area contributed by atoms with Gasteiger partial charge in [0, 0.05) is 12.4 Å². The second kappa shape index (κ2) is 17.4. The van der Waals surface area contributed by atoms with Gasteiger partial charge in [-0.25, -0.2) is 0 Å². The number of pyridine rings is 2. The fourth-order valence-electron chi connectivity index (χ4n) is 4.90. The third kappa shape index (κ3) is 10.7. The van der Waals surface area contributed by atoms with Crippen LogP contribution >= 0.6 is 7.28 Å². The number of halogens is 6. The molecule has 7 aromatic rings. The van der Waals surface area contributed by atoms with Crippen LogP contribution in [-0.4, -0.2) is 30.4 Å². The van der Waals surface area contributed by atoms with Crippen LogP contribution in [0.3, 0.4) is 0 Å². The minimum absolute atomic E-state index is 0. The van der Waals surface area contributed by atoms with Crippen LogP contribution in [0.4, 0.5) is 26.3 Å². The van der Waals surface area contributed by atoms with E-state index in [1.807, 2.05) is 40.5 Å². The predicted octanol–water partition coefficient (Wildman–Crippen LogP) is 5.59. The molecule has 2 N–H and O–H groups in total. The van der Waals surface area contributed by atoms with Crippen molar-refractivity contribution in [1.29, 1.82) is 0 Å². The molecule has 0 aliphatic rings. The molecular weight excluding hydrogens is 822 g/mol. The number of H-pyrrole nitrogens is 2. The second-order valence-electron chi connectivity index (χ2n) is 11.3. The van der Waals surface area contributed by atoms with Gasteiger partial charge in [0.25, 0.3) is 0 Å². The number of alkyl halides is 6. The summed E-state index contributed by atoms with van der Waals surface area (Å²) in [6.07, 6.45) is -5.41. The van der Waals surface area contributed by atoms with Gasteiger partial charge in [-0.05, 0) is 36.4 Å². The van der Waals surface area contributed by atoms with E-state index in [9.17, 15) is 41.0 Å². The predicted molar refractivity (Wildman–Crippen MR) is 182 cm³/mol. The molecule has 9 nitrogen and oxygen atoms in total. The van der Waals surface area contributed by atoms with Crippen molar-refractivity contribution in [3.63, 3.8) is 0 Å². The summed E-state index contributed by atoms with van der Waals surface area (Å²) in [6, 6.07) is 35.2. The summed E-state index contributed by atoms with van der Waals surface area (Å²) in [5.41, 5.74) is 0.908. The van der Waals surface area contributed by atoms with Crippen LogP contribution in [0, 0.1) is 0 Å². The number of hydrogen-bond donors (Lipinski definition) is 2. The van der Waals surface area contributed by atoms with Gasteiger partial charge in [-0.1, -0.05) is 12.1 Å². The van der Waals surface area contributed by atoms with Gasteiger partial charge in [0.1, 0.15) is 22.8 Å². The summed E-state index contributed by atoms with van der Waals surface area (Å²) in [5.74, 6) is 0. The van der Waals surface area contributed by atoms with E-state index < -0.39 is 31.0 Å². The molecule has 0 atom stereocenters. The first kappa shape index (κ1) is 41.6. The van der Waals surface area contributed by atoms with Crippen LogP contribution < -0.4 is 25.3 Å². The van der Waals surface area contributed by atoms with Crippen molar-refractivity contribution in [3.05, 3.63) is 168 Å². The molecule has 0 bridgehead atoms. The van der Waals surface area contributed by atoms with Gasteiger partial charge in [0.15, 0.2) is 0 Å². The Morgan fingerprint density at radius 2 is 0.944 bits per heavy atom. The molecule has 1 radical (unpaired) electrons. The Bertz CT molecular complexity index is 2110. The maximum atomic E-state index is 12.9. The summed E-state index contributed by atoms with van der Waals surface area (Å²) in [7, 11) is -5.89. The van der Waals surface area contributed by atoms with Crippen molar-refractivity contribution in [2.45, 2.75) is 18.8 Å². The van der Waals surface area contributed by atoms with Crippen LogP contribution in [0.5, 0.6) is 0 Å². The van der Waals surface area contributed by atoms with E-state index in [0.717, 1.165) is 17.7 Å². The maximum Gasteiger partial charge on any atom is 3.00 e. The Balaban J connectivity index is 0.000000185. The largest absolute Gasteiger partial charge is 3.00 e. The van der Waals surface area contributed by atoms with Gasteiger partial charge < -0.3 is 0 Å². The molecule has 4 aromatic heterocycles. The summed E-state index contributed by atoms with van der Waals surface area (Å²) in [6.45, 7) is 0. The monoisotopic (exact) mass is 851 g/mol. The first-order valence-electron chi connectivity index (χ1n) is 15.6. The normalized spacial score (nSPS) is 12.1. The molecule has 0 aliphatic carbocycles. The van der Waals surface area contributed by atoms with Crippen molar-refractivity contribution in [1.82, 2.24) is 30.4 Å². The molecule has 0 saturated heterocycles. The Morgan fingerprint density at radius 3 is 1.37 bits per heavy atom. The van der Waals surface area contributed by atoms with E-state index in [4.69, 9.17) is 0 Å². The van der Waals surface area contributed by atoms with Gasteiger partial charge in [0.2, 0.25) is 0 Å². The number of benzene rings is 3. The standard InChI is InChI=1S/C19H16O3P.2C9H6F3N3.Ru/c20-23(21,22,18-12-5-2-6-13-18)19-14-8-7-11-17(19)15-16-9-3-1-4-10-16;2*10-9(11,12)8-5-7(14-15-8)6-3-1-2-4-13-6;/h1-14H,15H2;2*1-5H,(H,14,15);/q-3;;;+3. The zero-order chi connectivity index (χ0) is 38.1. The Kier molecular flexibility index (Phi) is 13.4. The molecule has 0 unspecified atom stereocenters. The van der Waals surface area contributed by atoms with Crippen LogP contribution in [0.1, 0.15) is 22.5 Å². The average Bonchev–Trinajstić information content (AvgIpc) is 3.86. The van der Waals surface area contributed by atoms with Crippen molar-refractivity contribution in [2.24, 2.45) is 0 Å². The zero-order valence-electron chi connectivity index (χ0n) is 27.6. The molecule has 279 valence electrons. The minimum atomic E-state index is -5.89. The fourth-order valence-corrected chi connectivity index (χ4v) is 6.86. The van der Waals surface area contributed by atoms with Crippen molar-refractivity contribution in [2.75, 3.05) is 0 Å². The quantitative estimate of drug-likeness (QED) is 0.126. The minimum Gasteiger partial charge on any atom is 3.00 e.